The van der Waals surface area contributed by atoms with Crippen molar-refractivity contribution >= 4 is 37.3 Å². The average molecular weight is 311 g/mol. The van der Waals surface area contributed by atoms with Crippen molar-refractivity contribution in [3.8, 4) is 5.75 Å². The van der Waals surface area contributed by atoms with Gasteiger partial charge in [-0.1, -0.05) is 15.9 Å². The van der Waals surface area contributed by atoms with E-state index in [4.69, 9.17) is 5.11 Å². The molecule has 0 atom stereocenters. The van der Waals surface area contributed by atoms with E-state index in [2.05, 4.69) is 15.9 Å². The molecule has 0 fully saturated rings. The van der Waals surface area contributed by atoms with Crippen molar-refractivity contribution < 1.29 is 18.4 Å². The molecule has 0 amide bonds. The fourth-order valence-corrected chi connectivity index (χ4v) is 1.86. The summed E-state index contributed by atoms with van der Waals surface area (Å²) in [5.74, 6) is -0.312. The summed E-state index contributed by atoms with van der Waals surface area (Å²) in [6.07, 6.45) is 0. The summed E-state index contributed by atoms with van der Waals surface area (Å²) >= 11 is 2.73. The standard InChI is InChI=1S/C7H7BrN2O5S/c8-4-16(14,15)9-6-2-1-5(11)3-7(6)10(12)13/h1-3,9,11H,4H2. The molecule has 0 radical (unpaired) electrons. The molecule has 16 heavy (non-hydrogen) atoms. The zero-order valence-electron chi connectivity index (χ0n) is 7.75. The molecule has 0 saturated carbocycles. The number of nitrogens with zero attached hydrogens (tertiary/aromatic N) is 1. The van der Waals surface area contributed by atoms with Crippen LogP contribution in [0.1, 0.15) is 0 Å². The summed E-state index contributed by atoms with van der Waals surface area (Å²) < 4.78 is 24.0. The van der Waals surface area contributed by atoms with Crippen LogP contribution in [-0.4, -0.2) is 23.1 Å². The number of phenols is 1. The number of nitro benzene ring substituents is 1. The molecule has 0 saturated heterocycles. The van der Waals surface area contributed by atoms with Crippen molar-refractivity contribution in [2.45, 2.75) is 0 Å². The first kappa shape index (κ1) is 12.7. The molecule has 0 heterocycles. The third-order valence-corrected chi connectivity index (χ3v) is 4.21. The maximum Gasteiger partial charge on any atom is 0.296 e. The zero-order chi connectivity index (χ0) is 12.3. The first-order chi connectivity index (χ1) is 7.35. The molecule has 1 rings (SSSR count). The van der Waals surface area contributed by atoms with Gasteiger partial charge in [0.05, 0.1) is 11.0 Å². The van der Waals surface area contributed by atoms with Crippen LogP contribution in [0, 0.1) is 10.1 Å². The number of hydrogen-bond acceptors (Lipinski definition) is 5. The molecular formula is C7H7BrN2O5S. The molecule has 0 spiro atoms. The SMILES string of the molecule is O=[N+]([O-])c1cc(O)ccc1NS(=O)(=O)CBr. The highest BCUT2D eigenvalue weighted by Gasteiger charge is 2.18. The first-order valence-electron chi connectivity index (χ1n) is 3.89. The Labute approximate surface area is 99.4 Å². The Kier molecular flexibility index (Phi) is 3.70. The molecule has 2 N–H and O–H groups in total. The third kappa shape index (κ3) is 3.07. The second kappa shape index (κ2) is 4.66. The summed E-state index contributed by atoms with van der Waals surface area (Å²) in [7, 11) is -3.66. The van der Waals surface area contributed by atoms with E-state index in [0.717, 1.165) is 18.2 Å². The van der Waals surface area contributed by atoms with Gasteiger partial charge in [0.1, 0.15) is 16.1 Å². The number of hydrogen-bond donors (Lipinski definition) is 2. The second-order valence-electron chi connectivity index (χ2n) is 2.78. The van der Waals surface area contributed by atoms with Crippen LogP contribution in [0.15, 0.2) is 18.2 Å². The number of sulfonamides is 1. The topological polar surface area (TPSA) is 110 Å². The lowest BCUT2D eigenvalue weighted by atomic mass is 10.2. The molecule has 0 aromatic heterocycles. The lowest BCUT2D eigenvalue weighted by Crippen LogP contribution is -2.14. The number of phenolic OH excluding ortho intramolecular Hbond substituents is 1. The predicted octanol–water partition coefficient (Wildman–Crippen LogP) is 1.39. The van der Waals surface area contributed by atoms with Crippen LogP contribution < -0.4 is 4.72 Å². The Bertz CT molecular complexity index is 516. The maximum absolute atomic E-state index is 11.2. The summed E-state index contributed by atoms with van der Waals surface area (Å²) in [4.78, 5) is 9.81. The number of aromatic hydroxyl groups is 1. The Hall–Kier alpha value is -1.35. The number of nitro groups is 1. The number of nitrogens with one attached hydrogen (secondary N) is 1. The van der Waals surface area contributed by atoms with Crippen molar-refractivity contribution in [2.75, 3.05) is 9.38 Å². The largest absolute Gasteiger partial charge is 0.508 e. The second-order valence-corrected chi connectivity index (χ2v) is 5.81. The minimum atomic E-state index is -3.66. The molecule has 0 aliphatic heterocycles. The van der Waals surface area contributed by atoms with Crippen LogP contribution in [0.4, 0.5) is 11.4 Å². The number of benzene rings is 1. The van der Waals surface area contributed by atoms with E-state index in [0.29, 0.717) is 0 Å². The van der Waals surface area contributed by atoms with Crippen molar-refractivity contribution in [2.24, 2.45) is 0 Å². The number of halogens is 1. The monoisotopic (exact) mass is 310 g/mol. The van der Waals surface area contributed by atoms with Crippen LogP contribution in [0.25, 0.3) is 0 Å². The molecule has 0 aliphatic carbocycles. The Morgan fingerprint density at radius 1 is 1.50 bits per heavy atom. The van der Waals surface area contributed by atoms with Gasteiger partial charge < -0.3 is 5.11 Å². The molecule has 88 valence electrons. The quantitative estimate of drug-likeness (QED) is 0.378. The molecular weight excluding hydrogens is 304 g/mol. The fourth-order valence-electron chi connectivity index (χ4n) is 0.952. The zero-order valence-corrected chi connectivity index (χ0v) is 10.2. The van der Waals surface area contributed by atoms with Gasteiger partial charge in [0.25, 0.3) is 5.69 Å². The molecule has 1 aromatic carbocycles. The molecule has 1 aromatic rings. The van der Waals surface area contributed by atoms with Gasteiger partial charge in [0, 0.05) is 0 Å². The number of alkyl halides is 1. The Morgan fingerprint density at radius 2 is 2.12 bits per heavy atom. The minimum Gasteiger partial charge on any atom is -0.508 e. The van der Waals surface area contributed by atoms with Gasteiger partial charge in [-0.3, -0.25) is 14.8 Å². The van der Waals surface area contributed by atoms with Crippen LogP contribution in [0.3, 0.4) is 0 Å². The normalized spacial score (nSPS) is 11.1. The highest BCUT2D eigenvalue weighted by Crippen LogP contribution is 2.29. The van der Waals surface area contributed by atoms with Crippen LogP contribution in [0.5, 0.6) is 5.75 Å². The molecule has 0 unspecified atom stereocenters. The predicted molar refractivity (Wildman–Crippen MR) is 61.1 cm³/mol. The lowest BCUT2D eigenvalue weighted by molar-refractivity contribution is -0.384. The molecule has 7 nitrogen and oxygen atoms in total. The van der Waals surface area contributed by atoms with Crippen molar-refractivity contribution in [1.29, 1.82) is 0 Å². The van der Waals surface area contributed by atoms with Gasteiger partial charge in [-0.05, 0) is 12.1 Å². The molecule has 0 bridgehead atoms. The van der Waals surface area contributed by atoms with Crippen LogP contribution in [0.2, 0.25) is 0 Å². The van der Waals surface area contributed by atoms with Crippen molar-refractivity contribution in [1.82, 2.24) is 0 Å². The number of rotatable bonds is 4. The number of anilines is 1. The molecule has 0 aliphatic rings. The van der Waals surface area contributed by atoms with E-state index in [1.54, 1.807) is 0 Å². The van der Waals surface area contributed by atoms with Crippen molar-refractivity contribution in [3.63, 3.8) is 0 Å². The Morgan fingerprint density at radius 3 is 2.62 bits per heavy atom. The van der Waals surface area contributed by atoms with Gasteiger partial charge in [-0.2, -0.15) is 0 Å². The van der Waals surface area contributed by atoms with Gasteiger partial charge in [-0.25, -0.2) is 8.42 Å². The maximum atomic E-state index is 11.2. The summed E-state index contributed by atoms with van der Waals surface area (Å²) in [6.45, 7) is 0. The summed E-state index contributed by atoms with van der Waals surface area (Å²) in [5.41, 5.74) is -0.702. The van der Waals surface area contributed by atoms with E-state index in [9.17, 15) is 18.5 Å². The fraction of sp³-hybridized carbons (Fsp3) is 0.143. The van der Waals surface area contributed by atoms with Gasteiger partial charge in [0.2, 0.25) is 10.0 Å². The van der Waals surface area contributed by atoms with Gasteiger partial charge in [-0.15, -0.1) is 0 Å². The van der Waals surface area contributed by atoms with Crippen molar-refractivity contribution in [3.05, 3.63) is 28.3 Å². The molecule has 9 heteroatoms. The highest BCUT2D eigenvalue weighted by atomic mass is 79.9. The summed E-state index contributed by atoms with van der Waals surface area (Å²) in [5, 5.41) is 19.6. The van der Waals surface area contributed by atoms with Crippen LogP contribution >= 0.6 is 15.9 Å². The van der Waals surface area contributed by atoms with E-state index in [1.807, 2.05) is 4.72 Å². The smallest absolute Gasteiger partial charge is 0.296 e. The Balaban J connectivity index is 3.19. The van der Waals surface area contributed by atoms with E-state index in [-0.39, 0.29) is 16.1 Å². The van der Waals surface area contributed by atoms with Gasteiger partial charge >= 0.3 is 0 Å². The third-order valence-electron chi connectivity index (χ3n) is 1.59. The van der Waals surface area contributed by atoms with E-state index < -0.39 is 20.6 Å². The van der Waals surface area contributed by atoms with Crippen LogP contribution in [-0.2, 0) is 10.0 Å². The summed E-state index contributed by atoms with van der Waals surface area (Å²) in [6, 6.07) is 3.14. The first-order valence-corrected chi connectivity index (χ1v) is 6.67. The average Bonchev–Trinajstić information content (AvgIpc) is 2.20. The van der Waals surface area contributed by atoms with Gasteiger partial charge in [0.15, 0.2) is 0 Å². The lowest BCUT2D eigenvalue weighted by Gasteiger charge is -2.05. The van der Waals surface area contributed by atoms with E-state index in [1.165, 1.54) is 0 Å². The van der Waals surface area contributed by atoms with E-state index >= 15 is 0 Å². The highest BCUT2D eigenvalue weighted by molar-refractivity contribution is 9.10. The minimum absolute atomic E-state index is 0.192.